The lowest BCUT2D eigenvalue weighted by Crippen LogP contribution is -2.41. The number of rotatable bonds is 2. The maximum Gasteiger partial charge on any atom is 0.189 e. The first kappa shape index (κ1) is 16.7. The van der Waals surface area contributed by atoms with E-state index in [1.165, 1.54) is 44.9 Å². The Hall–Kier alpha value is -1.13. The third kappa shape index (κ3) is 4.67. The molecule has 23 heavy (non-hydrogen) atoms. The molecule has 0 bridgehead atoms. The van der Waals surface area contributed by atoms with Crippen LogP contribution in [-0.2, 0) is 0 Å². The zero-order valence-electron chi connectivity index (χ0n) is 13.4. The Morgan fingerprint density at radius 1 is 1.17 bits per heavy atom. The molecule has 5 heteroatoms. The SMILES string of the molecule is S=C(NC1CCCCCCC1)N1CCC(c2cccc(Cl)c2)=N1. The highest BCUT2D eigenvalue weighted by atomic mass is 35.5. The molecule has 1 heterocycles. The van der Waals surface area contributed by atoms with E-state index in [0.29, 0.717) is 6.04 Å². The number of thiocarbonyl (C=S) groups is 1. The summed E-state index contributed by atoms with van der Waals surface area (Å²) >= 11 is 11.7. The van der Waals surface area contributed by atoms with Crippen molar-refractivity contribution in [3.63, 3.8) is 0 Å². The van der Waals surface area contributed by atoms with Crippen LogP contribution >= 0.6 is 23.8 Å². The van der Waals surface area contributed by atoms with Gasteiger partial charge in [-0.1, -0.05) is 55.8 Å². The summed E-state index contributed by atoms with van der Waals surface area (Å²) in [5.74, 6) is 0. The average molecular weight is 350 g/mol. The van der Waals surface area contributed by atoms with Crippen LogP contribution < -0.4 is 5.32 Å². The van der Waals surface area contributed by atoms with Crippen LogP contribution in [0.1, 0.15) is 56.9 Å². The van der Waals surface area contributed by atoms with Gasteiger partial charge >= 0.3 is 0 Å². The predicted molar refractivity (Wildman–Crippen MR) is 101 cm³/mol. The second kappa shape index (κ2) is 8.11. The highest BCUT2D eigenvalue weighted by molar-refractivity contribution is 7.80. The zero-order valence-corrected chi connectivity index (χ0v) is 15.0. The third-order valence-electron chi connectivity index (χ3n) is 4.63. The van der Waals surface area contributed by atoms with Crippen molar-refractivity contribution in [3.8, 4) is 0 Å². The summed E-state index contributed by atoms with van der Waals surface area (Å²) in [7, 11) is 0. The molecule has 1 aliphatic heterocycles. The van der Waals surface area contributed by atoms with E-state index in [2.05, 4.69) is 11.4 Å². The highest BCUT2D eigenvalue weighted by Crippen LogP contribution is 2.20. The molecule has 0 atom stereocenters. The molecule has 0 aromatic heterocycles. The van der Waals surface area contributed by atoms with E-state index in [4.69, 9.17) is 28.9 Å². The van der Waals surface area contributed by atoms with Gasteiger partial charge in [-0.15, -0.1) is 0 Å². The molecule has 3 rings (SSSR count). The lowest BCUT2D eigenvalue weighted by Gasteiger charge is -2.25. The minimum absolute atomic E-state index is 0.508. The fourth-order valence-corrected chi connectivity index (χ4v) is 3.81. The molecule has 1 saturated carbocycles. The first-order valence-electron chi connectivity index (χ1n) is 8.64. The standard InChI is InChI=1S/C18H24ClN3S/c19-15-8-6-7-14(13-15)17-11-12-22(21-17)18(23)20-16-9-4-2-1-3-5-10-16/h6-8,13,16H,1-5,9-12H2,(H,20,23). The van der Waals surface area contributed by atoms with Gasteiger partial charge in [-0.25, -0.2) is 5.01 Å². The molecule has 1 aromatic carbocycles. The minimum atomic E-state index is 0.508. The van der Waals surface area contributed by atoms with Crippen LogP contribution in [0.3, 0.4) is 0 Å². The van der Waals surface area contributed by atoms with Crippen molar-refractivity contribution in [1.82, 2.24) is 10.3 Å². The summed E-state index contributed by atoms with van der Waals surface area (Å²) < 4.78 is 0. The van der Waals surface area contributed by atoms with Gasteiger partial charge in [-0.3, -0.25) is 0 Å². The van der Waals surface area contributed by atoms with Gasteiger partial charge in [0.05, 0.1) is 5.71 Å². The molecule has 1 N–H and O–H groups in total. The molecule has 0 unspecified atom stereocenters. The highest BCUT2D eigenvalue weighted by Gasteiger charge is 2.21. The van der Waals surface area contributed by atoms with E-state index >= 15 is 0 Å². The molecule has 0 radical (unpaired) electrons. The number of hydrogen-bond acceptors (Lipinski definition) is 2. The molecular weight excluding hydrogens is 326 g/mol. The first-order chi connectivity index (χ1) is 11.2. The Bertz CT molecular complexity index is 579. The van der Waals surface area contributed by atoms with E-state index in [0.717, 1.165) is 34.4 Å². The van der Waals surface area contributed by atoms with Gasteiger partial charge in [0.25, 0.3) is 0 Å². The van der Waals surface area contributed by atoms with E-state index < -0.39 is 0 Å². The van der Waals surface area contributed by atoms with Crippen molar-refractivity contribution < 1.29 is 0 Å². The monoisotopic (exact) mass is 349 g/mol. The largest absolute Gasteiger partial charge is 0.358 e. The molecule has 2 aliphatic rings. The van der Waals surface area contributed by atoms with Crippen LogP contribution in [-0.4, -0.2) is 28.4 Å². The van der Waals surface area contributed by atoms with E-state index in [9.17, 15) is 0 Å². The van der Waals surface area contributed by atoms with E-state index in [-0.39, 0.29) is 0 Å². The minimum Gasteiger partial charge on any atom is -0.358 e. The fraction of sp³-hybridized carbons (Fsp3) is 0.556. The number of nitrogens with zero attached hydrogens (tertiary/aromatic N) is 2. The first-order valence-corrected chi connectivity index (χ1v) is 9.42. The van der Waals surface area contributed by atoms with Crippen molar-refractivity contribution in [3.05, 3.63) is 34.9 Å². The molecule has 0 spiro atoms. The molecule has 1 fully saturated rings. The third-order valence-corrected chi connectivity index (χ3v) is 5.19. The van der Waals surface area contributed by atoms with Crippen molar-refractivity contribution in [2.75, 3.05) is 6.54 Å². The van der Waals surface area contributed by atoms with Crippen molar-refractivity contribution in [1.29, 1.82) is 0 Å². The van der Waals surface area contributed by atoms with E-state index in [1.54, 1.807) is 0 Å². The Kier molecular flexibility index (Phi) is 5.90. The van der Waals surface area contributed by atoms with Crippen LogP contribution in [0.5, 0.6) is 0 Å². The summed E-state index contributed by atoms with van der Waals surface area (Å²) in [6.07, 6.45) is 10.0. The molecule has 3 nitrogen and oxygen atoms in total. The maximum atomic E-state index is 6.07. The molecule has 1 aromatic rings. The van der Waals surface area contributed by atoms with Crippen LogP contribution in [0.2, 0.25) is 5.02 Å². The Labute approximate surface area is 149 Å². The molecule has 0 amide bonds. The Balaban J connectivity index is 1.59. The number of benzene rings is 1. The number of hydrogen-bond donors (Lipinski definition) is 1. The maximum absolute atomic E-state index is 6.07. The van der Waals surface area contributed by atoms with Gasteiger partial charge in [-0.2, -0.15) is 5.10 Å². The molecule has 124 valence electrons. The smallest absolute Gasteiger partial charge is 0.189 e. The van der Waals surface area contributed by atoms with Crippen LogP contribution in [0, 0.1) is 0 Å². The summed E-state index contributed by atoms with van der Waals surface area (Å²) in [5.41, 5.74) is 2.16. The normalized spacial score (nSPS) is 19.9. The van der Waals surface area contributed by atoms with Crippen LogP contribution in [0.15, 0.2) is 29.4 Å². The van der Waals surface area contributed by atoms with Gasteiger partial charge in [0, 0.05) is 24.0 Å². The fourth-order valence-electron chi connectivity index (χ4n) is 3.32. The van der Waals surface area contributed by atoms with Crippen molar-refractivity contribution in [2.24, 2.45) is 5.10 Å². The number of nitrogens with one attached hydrogen (secondary N) is 1. The topological polar surface area (TPSA) is 27.6 Å². The number of hydrazone groups is 1. The van der Waals surface area contributed by atoms with E-state index in [1.807, 2.05) is 23.2 Å². The Morgan fingerprint density at radius 2 is 1.91 bits per heavy atom. The number of halogens is 1. The lowest BCUT2D eigenvalue weighted by molar-refractivity contribution is 0.403. The summed E-state index contributed by atoms with van der Waals surface area (Å²) in [4.78, 5) is 0. The predicted octanol–water partition coefficient (Wildman–Crippen LogP) is 4.74. The van der Waals surface area contributed by atoms with Gasteiger partial charge < -0.3 is 5.32 Å². The van der Waals surface area contributed by atoms with Gasteiger partial charge in [-0.05, 0) is 42.8 Å². The summed E-state index contributed by atoms with van der Waals surface area (Å²) in [5, 5.41) is 11.7. The van der Waals surface area contributed by atoms with Crippen LogP contribution in [0.4, 0.5) is 0 Å². The summed E-state index contributed by atoms with van der Waals surface area (Å²) in [6, 6.07) is 8.38. The average Bonchev–Trinajstić information content (AvgIpc) is 3.00. The van der Waals surface area contributed by atoms with Crippen molar-refractivity contribution in [2.45, 2.75) is 57.4 Å². The summed E-state index contributed by atoms with van der Waals surface area (Å²) in [6.45, 7) is 0.848. The molecular formula is C18H24ClN3S. The second-order valence-corrected chi connectivity index (χ2v) is 7.24. The zero-order chi connectivity index (χ0) is 16.1. The Morgan fingerprint density at radius 3 is 2.65 bits per heavy atom. The van der Waals surface area contributed by atoms with Gasteiger partial charge in [0.15, 0.2) is 5.11 Å². The molecule has 1 aliphatic carbocycles. The second-order valence-electron chi connectivity index (χ2n) is 6.42. The van der Waals surface area contributed by atoms with Crippen molar-refractivity contribution >= 4 is 34.6 Å². The quantitative estimate of drug-likeness (QED) is 0.781. The van der Waals surface area contributed by atoms with Gasteiger partial charge in [0.1, 0.15) is 0 Å². The molecule has 0 saturated heterocycles. The lowest BCUT2D eigenvalue weighted by atomic mass is 9.97. The van der Waals surface area contributed by atoms with Gasteiger partial charge in [0.2, 0.25) is 0 Å². The van der Waals surface area contributed by atoms with Crippen LogP contribution in [0.25, 0.3) is 0 Å².